The van der Waals surface area contributed by atoms with Gasteiger partial charge >= 0.3 is 0 Å². The first-order valence-electron chi connectivity index (χ1n) is 7.04. The maximum absolute atomic E-state index is 5.78. The molecule has 1 aromatic carbocycles. The maximum atomic E-state index is 5.78. The molecule has 0 saturated heterocycles. The summed E-state index contributed by atoms with van der Waals surface area (Å²) in [6, 6.07) is 6.35. The van der Waals surface area contributed by atoms with Crippen LogP contribution in [0.2, 0.25) is 0 Å². The molecule has 0 bridgehead atoms. The van der Waals surface area contributed by atoms with E-state index in [9.17, 15) is 0 Å². The lowest BCUT2D eigenvalue weighted by molar-refractivity contribution is 0.181. The summed E-state index contributed by atoms with van der Waals surface area (Å²) in [6.07, 6.45) is 1.92. The molecule has 4 nitrogen and oxygen atoms in total. The average Bonchev–Trinajstić information content (AvgIpc) is 2.79. The number of imidazole rings is 1. The van der Waals surface area contributed by atoms with Crippen LogP contribution in [-0.4, -0.2) is 29.9 Å². The van der Waals surface area contributed by atoms with Gasteiger partial charge in [0.15, 0.2) is 4.77 Å². The third-order valence-corrected chi connectivity index (χ3v) is 3.66. The van der Waals surface area contributed by atoms with Gasteiger partial charge in [0, 0.05) is 19.8 Å². The normalized spacial score (nSPS) is 12.8. The number of aromatic nitrogens is 2. The van der Waals surface area contributed by atoms with Crippen LogP contribution < -0.4 is 4.74 Å². The van der Waals surface area contributed by atoms with Crippen molar-refractivity contribution in [2.24, 2.45) is 0 Å². The number of H-pyrrole nitrogens is 1. The monoisotopic (exact) mass is 294 g/mol. The molecule has 20 heavy (non-hydrogen) atoms. The van der Waals surface area contributed by atoms with E-state index < -0.39 is 0 Å². The number of nitrogens with one attached hydrogen (secondary N) is 1. The van der Waals surface area contributed by atoms with Crippen molar-refractivity contribution in [1.29, 1.82) is 0 Å². The number of aromatic amines is 1. The summed E-state index contributed by atoms with van der Waals surface area (Å²) >= 11 is 5.46. The summed E-state index contributed by atoms with van der Waals surface area (Å²) in [4.78, 5) is 3.27. The number of hydrogen-bond donors (Lipinski definition) is 1. The molecule has 0 radical (unpaired) electrons. The minimum atomic E-state index is 0.289. The number of nitrogens with zero attached hydrogens (tertiary/aromatic N) is 1. The Kier molecular flexibility index (Phi) is 5.20. The van der Waals surface area contributed by atoms with E-state index in [1.807, 2.05) is 12.1 Å². The molecule has 0 spiro atoms. The van der Waals surface area contributed by atoms with E-state index in [0.29, 0.717) is 6.61 Å². The largest absolute Gasteiger partial charge is 0.491 e. The number of para-hydroxylation sites is 1. The van der Waals surface area contributed by atoms with Crippen molar-refractivity contribution in [2.45, 2.75) is 32.7 Å². The molecule has 0 aliphatic heterocycles. The molecule has 1 N–H and O–H groups in total. The van der Waals surface area contributed by atoms with E-state index in [1.54, 1.807) is 7.11 Å². The van der Waals surface area contributed by atoms with Crippen LogP contribution in [0.25, 0.3) is 11.0 Å². The standard InChI is InChI=1S/C15H22N2O2S/c1-4-9-19-13-7-5-6-12-14(13)16-15(20)17(12)11(2)8-10-18-3/h5-7,11H,4,8-10H2,1-3H3,(H,16,20). The minimum Gasteiger partial charge on any atom is -0.491 e. The zero-order valence-corrected chi connectivity index (χ0v) is 13.1. The first kappa shape index (κ1) is 15.1. The Morgan fingerprint density at radius 2 is 2.15 bits per heavy atom. The van der Waals surface area contributed by atoms with Crippen molar-refractivity contribution in [3.8, 4) is 5.75 Å². The summed E-state index contributed by atoms with van der Waals surface area (Å²) in [7, 11) is 1.72. The van der Waals surface area contributed by atoms with E-state index in [0.717, 1.165) is 41.0 Å². The van der Waals surface area contributed by atoms with E-state index in [2.05, 4.69) is 29.5 Å². The predicted molar refractivity (Wildman–Crippen MR) is 84.1 cm³/mol. The second-order valence-corrected chi connectivity index (χ2v) is 5.32. The van der Waals surface area contributed by atoms with Crippen molar-refractivity contribution >= 4 is 23.3 Å². The van der Waals surface area contributed by atoms with Crippen molar-refractivity contribution in [1.82, 2.24) is 9.55 Å². The highest BCUT2D eigenvalue weighted by Crippen LogP contribution is 2.28. The minimum absolute atomic E-state index is 0.289. The molecule has 0 aliphatic carbocycles. The first-order chi connectivity index (χ1) is 9.69. The molecule has 1 heterocycles. The molecular weight excluding hydrogens is 272 g/mol. The zero-order valence-electron chi connectivity index (χ0n) is 12.3. The number of fused-ring (bicyclic) bond motifs is 1. The summed E-state index contributed by atoms with van der Waals surface area (Å²) in [5, 5.41) is 0. The van der Waals surface area contributed by atoms with Crippen molar-refractivity contribution in [3.05, 3.63) is 23.0 Å². The van der Waals surface area contributed by atoms with E-state index >= 15 is 0 Å². The quantitative estimate of drug-likeness (QED) is 0.782. The predicted octanol–water partition coefficient (Wildman–Crippen LogP) is 4.09. The molecule has 0 aliphatic rings. The zero-order chi connectivity index (χ0) is 14.5. The molecular formula is C15H22N2O2S. The molecule has 5 heteroatoms. The van der Waals surface area contributed by atoms with Gasteiger partial charge in [0.05, 0.1) is 12.1 Å². The van der Waals surface area contributed by atoms with Gasteiger partial charge in [0.2, 0.25) is 0 Å². The SMILES string of the molecule is CCCOc1cccc2c1[nH]c(=S)n2C(C)CCOC. The van der Waals surface area contributed by atoms with E-state index in [4.69, 9.17) is 21.7 Å². The lowest BCUT2D eigenvalue weighted by Gasteiger charge is -2.14. The fraction of sp³-hybridized carbons (Fsp3) is 0.533. The van der Waals surface area contributed by atoms with Crippen LogP contribution >= 0.6 is 12.2 Å². The Balaban J connectivity index is 2.41. The molecule has 2 aromatic rings. The Morgan fingerprint density at radius 1 is 1.35 bits per heavy atom. The van der Waals surface area contributed by atoms with E-state index in [-0.39, 0.29) is 6.04 Å². The molecule has 0 amide bonds. The Bertz CT molecular complexity index is 618. The van der Waals surface area contributed by atoms with Crippen LogP contribution in [0.15, 0.2) is 18.2 Å². The molecule has 1 aromatic heterocycles. The Morgan fingerprint density at radius 3 is 2.85 bits per heavy atom. The van der Waals surface area contributed by atoms with Gasteiger partial charge in [-0.1, -0.05) is 13.0 Å². The van der Waals surface area contributed by atoms with Gasteiger partial charge in [-0.05, 0) is 44.1 Å². The summed E-state index contributed by atoms with van der Waals surface area (Å²) in [5.74, 6) is 0.869. The lowest BCUT2D eigenvalue weighted by Crippen LogP contribution is -2.07. The molecule has 0 fully saturated rings. The first-order valence-corrected chi connectivity index (χ1v) is 7.44. The molecule has 1 unspecified atom stereocenters. The molecule has 1 atom stereocenters. The smallest absolute Gasteiger partial charge is 0.178 e. The average molecular weight is 294 g/mol. The van der Waals surface area contributed by atoms with Crippen LogP contribution in [0.5, 0.6) is 5.75 Å². The second-order valence-electron chi connectivity index (χ2n) is 4.93. The highest BCUT2D eigenvalue weighted by molar-refractivity contribution is 7.71. The number of rotatable bonds is 7. The molecule has 110 valence electrons. The fourth-order valence-corrected chi connectivity index (χ4v) is 2.69. The van der Waals surface area contributed by atoms with Crippen molar-refractivity contribution in [2.75, 3.05) is 20.3 Å². The number of benzene rings is 1. The van der Waals surface area contributed by atoms with E-state index in [1.165, 1.54) is 0 Å². The van der Waals surface area contributed by atoms with Crippen LogP contribution in [0.1, 0.15) is 32.7 Å². The summed E-state index contributed by atoms with van der Waals surface area (Å²) in [5.41, 5.74) is 2.07. The van der Waals surface area contributed by atoms with Crippen molar-refractivity contribution in [3.63, 3.8) is 0 Å². The second kappa shape index (κ2) is 6.90. The van der Waals surface area contributed by atoms with Crippen LogP contribution in [0.4, 0.5) is 0 Å². The molecule has 0 saturated carbocycles. The van der Waals surface area contributed by atoms with Gasteiger partial charge in [-0.2, -0.15) is 0 Å². The van der Waals surface area contributed by atoms with Crippen molar-refractivity contribution < 1.29 is 9.47 Å². The third kappa shape index (κ3) is 3.04. The topological polar surface area (TPSA) is 39.2 Å². The number of ether oxygens (including phenoxy) is 2. The fourth-order valence-electron chi connectivity index (χ4n) is 2.31. The van der Waals surface area contributed by atoms with Gasteiger partial charge in [0.1, 0.15) is 11.3 Å². The van der Waals surface area contributed by atoms with Crippen LogP contribution in [0.3, 0.4) is 0 Å². The lowest BCUT2D eigenvalue weighted by atomic mass is 10.2. The maximum Gasteiger partial charge on any atom is 0.178 e. The van der Waals surface area contributed by atoms with Gasteiger partial charge in [-0.15, -0.1) is 0 Å². The van der Waals surface area contributed by atoms with Gasteiger partial charge in [-0.25, -0.2) is 0 Å². The summed E-state index contributed by atoms with van der Waals surface area (Å²) in [6.45, 7) is 5.69. The summed E-state index contributed by atoms with van der Waals surface area (Å²) < 4.78 is 13.8. The van der Waals surface area contributed by atoms with Gasteiger partial charge < -0.3 is 19.0 Å². The van der Waals surface area contributed by atoms with Crippen LogP contribution in [0, 0.1) is 4.77 Å². The number of methoxy groups -OCH3 is 1. The van der Waals surface area contributed by atoms with Crippen LogP contribution in [-0.2, 0) is 4.74 Å². The number of hydrogen-bond acceptors (Lipinski definition) is 3. The highest BCUT2D eigenvalue weighted by Gasteiger charge is 2.13. The Hall–Kier alpha value is -1.33. The Labute approximate surface area is 124 Å². The van der Waals surface area contributed by atoms with Gasteiger partial charge in [-0.3, -0.25) is 0 Å². The third-order valence-electron chi connectivity index (χ3n) is 3.36. The highest BCUT2D eigenvalue weighted by atomic mass is 32.1. The molecule has 2 rings (SSSR count). The van der Waals surface area contributed by atoms with Gasteiger partial charge in [0.25, 0.3) is 0 Å².